The number of halogens is 2. The lowest BCUT2D eigenvalue weighted by atomic mass is 9.98. The number of aromatic hydroxyl groups is 1. The minimum Gasteiger partial charge on any atom is -0.507 e. The van der Waals surface area contributed by atoms with Crippen molar-refractivity contribution in [2.75, 3.05) is 37.7 Å². The second kappa shape index (κ2) is 8.69. The Morgan fingerprint density at radius 1 is 1.29 bits per heavy atom. The van der Waals surface area contributed by atoms with E-state index in [4.69, 9.17) is 16.3 Å². The van der Waals surface area contributed by atoms with Gasteiger partial charge in [0, 0.05) is 26.2 Å². The molecule has 1 aromatic heterocycles. The summed E-state index contributed by atoms with van der Waals surface area (Å²) in [5.74, 6) is -1.50. The minimum absolute atomic E-state index is 0.0314. The second-order valence-electron chi connectivity index (χ2n) is 8.85. The van der Waals surface area contributed by atoms with Gasteiger partial charge in [-0.2, -0.15) is 0 Å². The van der Waals surface area contributed by atoms with Crippen LogP contribution in [0.15, 0.2) is 30.9 Å². The number of hydrogen-bond acceptors (Lipinski definition) is 7. The number of anilines is 1. The Morgan fingerprint density at radius 2 is 2.06 bits per heavy atom. The number of ether oxygens (including phenoxy) is 1. The number of amides is 2. The Labute approximate surface area is 206 Å². The zero-order chi connectivity index (χ0) is 25.0. The molecule has 11 heteroatoms. The maximum atomic E-state index is 14.8. The van der Waals surface area contributed by atoms with Crippen molar-refractivity contribution in [1.82, 2.24) is 14.8 Å². The average Bonchev–Trinajstić information content (AvgIpc) is 3.00. The molecule has 3 aliphatic rings. The normalized spacial score (nSPS) is 23.6. The largest absolute Gasteiger partial charge is 0.507 e. The van der Waals surface area contributed by atoms with E-state index in [1.54, 1.807) is 21.6 Å². The minimum atomic E-state index is -0.738. The molecule has 184 valence electrons. The Bertz CT molecular complexity index is 1220. The summed E-state index contributed by atoms with van der Waals surface area (Å²) in [6.07, 6.45) is 0.600. The van der Waals surface area contributed by atoms with Crippen LogP contribution in [-0.4, -0.2) is 87.8 Å². The van der Waals surface area contributed by atoms with Gasteiger partial charge in [0.05, 0.1) is 23.8 Å². The number of carbonyl (C=O) groups is 2. The Kier molecular flexibility index (Phi) is 5.80. The number of β-amino-alcohol motifs (C(OH)–C–C–N with tert-alkyl or cyclic N) is 1. The molecule has 2 saturated heterocycles. The van der Waals surface area contributed by atoms with E-state index in [-0.39, 0.29) is 83.3 Å². The summed E-state index contributed by atoms with van der Waals surface area (Å²) >= 11 is 6.66. The van der Waals surface area contributed by atoms with E-state index in [2.05, 4.69) is 11.6 Å². The first-order valence-electron chi connectivity index (χ1n) is 11.2. The van der Waals surface area contributed by atoms with Gasteiger partial charge in [-0.25, -0.2) is 9.37 Å². The summed E-state index contributed by atoms with van der Waals surface area (Å²) in [6, 6.07) is 3.04. The van der Waals surface area contributed by atoms with Gasteiger partial charge in [0.1, 0.15) is 40.3 Å². The fraction of sp³-hybridized carbons (Fsp3) is 0.375. The predicted molar refractivity (Wildman–Crippen MR) is 126 cm³/mol. The van der Waals surface area contributed by atoms with Crippen molar-refractivity contribution in [3.05, 3.63) is 47.3 Å². The average molecular weight is 503 g/mol. The smallest absolute Gasteiger partial charge is 0.261 e. The van der Waals surface area contributed by atoms with Crippen molar-refractivity contribution in [2.45, 2.75) is 25.1 Å². The van der Waals surface area contributed by atoms with Gasteiger partial charge < -0.3 is 29.6 Å². The number of phenols is 1. The molecular weight excluding hydrogens is 479 g/mol. The topological polar surface area (TPSA) is 106 Å². The van der Waals surface area contributed by atoms with Crippen LogP contribution in [0.5, 0.6) is 11.5 Å². The highest BCUT2D eigenvalue weighted by atomic mass is 35.5. The van der Waals surface area contributed by atoms with Gasteiger partial charge in [-0.1, -0.05) is 24.2 Å². The number of pyridine rings is 1. The van der Waals surface area contributed by atoms with Crippen molar-refractivity contribution in [3.63, 3.8) is 0 Å². The molecule has 4 heterocycles. The van der Waals surface area contributed by atoms with E-state index in [9.17, 15) is 24.2 Å². The molecule has 0 spiro atoms. The molecule has 0 aliphatic carbocycles. The third kappa shape index (κ3) is 3.68. The molecule has 2 aromatic rings. The lowest BCUT2D eigenvalue weighted by Gasteiger charge is -2.45. The van der Waals surface area contributed by atoms with Gasteiger partial charge >= 0.3 is 0 Å². The lowest BCUT2D eigenvalue weighted by molar-refractivity contribution is -0.128. The van der Waals surface area contributed by atoms with E-state index >= 15 is 0 Å². The molecule has 0 radical (unpaired) electrons. The first-order valence-corrected chi connectivity index (χ1v) is 11.6. The number of aliphatic hydroxyl groups excluding tert-OH is 1. The highest BCUT2D eigenvalue weighted by Gasteiger charge is 2.44. The number of rotatable bonds is 3. The van der Waals surface area contributed by atoms with Crippen molar-refractivity contribution in [1.29, 1.82) is 0 Å². The molecule has 3 atom stereocenters. The number of phenolic OH excluding ortho intramolecular Hbond substituents is 1. The van der Waals surface area contributed by atoms with Gasteiger partial charge in [0.25, 0.3) is 5.91 Å². The predicted octanol–water partition coefficient (Wildman–Crippen LogP) is 2.05. The molecule has 2 fully saturated rings. The summed E-state index contributed by atoms with van der Waals surface area (Å²) in [4.78, 5) is 35.5. The number of carbonyl (C=O) groups excluding carboxylic acids is 2. The van der Waals surface area contributed by atoms with Crippen LogP contribution in [0, 0.1) is 5.82 Å². The molecule has 2 N–H and O–H groups in total. The molecular formula is C24H24ClFN4O5. The number of hydrogen-bond donors (Lipinski definition) is 2. The van der Waals surface area contributed by atoms with E-state index in [0.29, 0.717) is 6.54 Å². The lowest BCUT2D eigenvalue weighted by Crippen LogP contribution is -2.60. The van der Waals surface area contributed by atoms with Crippen LogP contribution in [-0.2, 0) is 4.79 Å². The third-order valence-electron chi connectivity index (χ3n) is 6.87. The third-order valence-corrected chi connectivity index (χ3v) is 7.22. The molecule has 9 nitrogen and oxygen atoms in total. The molecule has 1 aromatic carbocycles. The number of fused-ring (bicyclic) bond motifs is 2. The molecule has 3 aliphatic heterocycles. The molecule has 5 rings (SSSR count). The Balaban J connectivity index is 1.66. The maximum Gasteiger partial charge on any atom is 0.261 e. The zero-order valence-electron chi connectivity index (χ0n) is 18.9. The monoisotopic (exact) mass is 502 g/mol. The SMILES string of the molecule is C=CC(=O)N1CCN2C(=O)c3c(N4C[C@H](O)[C@H]4C)nc(-c4c(O)cccc4F)c(Cl)c3OC[C@H]2C1. The summed E-state index contributed by atoms with van der Waals surface area (Å²) in [5.41, 5.74) is -0.170. The van der Waals surface area contributed by atoms with Crippen molar-refractivity contribution >= 4 is 29.2 Å². The van der Waals surface area contributed by atoms with E-state index in [1.807, 2.05) is 0 Å². The highest BCUT2D eigenvalue weighted by Crippen LogP contribution is 2.47. The zero-order valence-corrected chi connectivity index (χ0v) is 19.7. The molecule has 0 bridgehead atoms. The summed E-state index contributed by atoms with van der Waals surface area (Å²) in [7, 11) is 0. The molecule has 2 amide bonds. The number of nitrogens with zero attached hydrogens (tertiary/aromatic N) is 4. The number of aliphatic hydroxyl groups is 1. The van der Waals surface area contributed by atoms with Crippen LogP contribution < -0.4 is 9.64 Å². The number of benzene rings is 1. The second-order valence-corrected chi connectivity index (χ2v) is 9.23. The van der Waals surface area contributed by atoms with Crippen LogP contribution in [0.25, 0.3) is 11.3 Å². The van der Waals surface area contributed by atoms with E-state index in [1.165, 1.54) is 24.3 Å². The van der Waals surface area contributed by atoms with Crippen LogP contribution in [0.2, 0.25) is 5.02 Å². The summed E-state index contributed by atoms with van der Waals surface area (Å²) in [6.45, 7) is 6.42. The number of aromatic nitrogens is 1. The summed E-state index contributed by atoms with van der Waals surface area (Å²) in [5, 5.41) is 20.4. The van der Waals surface area contributed by atoms with E-state index < -0.39 is 18.0 Å². The molecule has 0 saturated carbocycles. The van der Waals surface area contributed by atoms with Gasteiger partial charge in [-0.05, 0) is 25.1 Å². The van der Waals surface area contributed by atoms with Gasteiger partial charge in [-0.3, -0.25) is 9.59 Å². The Morgan fingerprint density at radius 3 is 2.71 bits per heavy atom. The maximum absolute atomic E-state index is 14.8. The summed E-state index contributed by atoms with van der Waals surface area (Å²) < 4.78 is 20.8. The van der Waals surface area contributed by atoms with Gasteiger partial charge in [0.2, 0.25) is 5.91 Å². The quantitative estimate of drug-likeness (QED) is 0.619. The fourth-order valence-electron chi connectivity index (χ4n) is 4.77. The van der Waals surface area contributed by atoms with Crippen LogP contribution in [0.1, 0.15) is 17.3 Å². The van der Waals surface area contributed by atoms with Crippen LogP contribution in [0.3, 0.4) is 0 Å². The van der Waals surface area contributed by atoms with Crippen LogP contribution >= 0.6 is 11.6 Å². The number of piperazine rings is 1. The van der Waals surface area contributed by atoms with Crippen LogP contribution in [0.4, 0.5) is 10.2 Å². The first-order chi connectivity index (χ1) is 16.7. The molecule has 35 heavy (non-hydrogen) atoms. The standard InChI is InChI=1S/C24H24ClFN4O5/c1-3-17(33)28-7-8-29-13(9-28)11-35-22-19(24(29)34)23(30-10-16(32)12(30)2)27-21(20(22)25)18-14(26)5-4-6-15(18)31/h3-6,12-13,16,31-32H,1,7-11H2,2H3/t12-,13-,16+/m1/s1. The van der Waals surface area contributed by atoms with E-state index in [0.717, 1.165) is 0 Å². The fourth-order valence-corrected chi connectivity index (χ4v) is 5.05. The Hall–Kier alpha value is -3.37. The van der Waals surface area contributed by atoms with Crippen molar-refractivity contribution in [2.24, 2.45) is 0 Å². The van der Waals surface area contributed by atoms with Gasteiger partial charge in [0.15, 0.2) is 5.75 Å². The van der Waals surface area contributed by atoms with Gasteiger partial charge in [-0.15, -0.1) is 0 Å². The van der Waals surface area contributed by atoms with Crippen molar-refractivity contribution in [3.8, 4) is 22.8 Å². The van der Waals surface area contributed by atoms with Crippen molar-refractivity contribution < 1.29 is 28.9 Å². The first kappa shape index (κ1) is 23.4. The highest BCUT2D eigenvalue weighted by molar-refractivity contribution is 6.35. The molecule has 0 unspecified atom stereocenters.